The highest BCUT2D eigenvalue weighted by atomic mass is 19.3. The SMILES string of the molecule is COc1ccc(/C=C/C(=O)c2ccc(OC(F)F)cc2)cc1COc1ccc(C(C)C)cc1. The van der Waals surface area contributed by atoms with E-state index in [4.69, 9.17) is 9.47 Å². The number of rotatable bonds is 10. The first-order valence-electron chi connectivity index (χ1n) is 10.5. The summed E-state index contributed by atoms with van der Waals surface area (Å²) in [5.74, 6) is 1.65. The first-order chi connectivity index (χ1) is 15.9. The molecule has 0 saturated carbocycles. The van der Waals surface area contributed by atoms with Crippen LogP contribution in [0.25, 0.3) is 6.08 Å². The molecule has 0 aliphatic carbocycles. The first kappa shape index (κ1) is 24.0. The minimum absolute atomic E-state index is 0.00386. The molecule has 0 aliphatic rings. The number of benzene rings is 3. The number of halogens is 2. The lowest BCUT2D eigenvalue weighted by molar-refractivity contribution is -0.0498. The molecule has 0 saturated heterocycles. The van der Waals surface area contributed by atoms with Gasteiger partial charge in [-0.05, 0) is 71.7 Å². The zero-order valence-corrected chi connectivity index (χ0v) is 18.8. The van der Waals surface area contributed by atoms with Gasteiger partial charge in [-0.2, -0.15) is 8.78 Å². The third-order valence-corrected chi connectivity index (χ3v) is 5.04. The van der Waals surface area contributed by atoms with Gasteiger partial charge in [-0.3, -0.25) is 4.79 Å². The number of hydrogen-bond acceptors (Lipinski definition) is 4. The van der Waals surface area contributed by atoms with Gasteiger partial charge in [-0.15, -0.1) is 0 Å². The van der Waals surface area contributed by atoms with Crippen LogP contribution in [0.5, 0.6) is 17.2 Å². The van der Waals surface area contributed by atoms with Crippen molar-refractivity contribution in [3.63, 3.8) is 0 Å². The summed E-state index contributed by atoms with van der Waals surface area (Å²) in [5.41, 5.74) is 3.26. The fraction of sp³-hybridized carbons (Fsp3) is 0.222. The van der Waals surface area contributed by atoms with E-state index in [1.165, 1.54) is 35.9 Å². The molecular formula is C27H26F2O4. The van der Waals surface area contributed by atoms with Gasteiger partial charge in [-0.25, -0.2) is 0 Å². The number of carbonyl (C=O) groups is 1. The molecule has 172 valence electrons. The molecule has 0 aliphatic heterocycles. The van der Waals surface area contributed by atoms with Crippen LogP contribution < -0.4 is 14.2 Å². The maximum absolute atomic E-state index is 12.4. The first-order valence-corrected chi connectivity index (χ1v) is 10.5. The maximum Gasteiger partial charge on any atom is 0.387 e. The number of methoxy groups -OCH3 is 1. The Morgan fingerprint density at radius 3 is 2.21 bits per heavy atom. The second-order valence-corrected chi connectivity index (χ2v) is 7.68. The summed E-state index contributed by atoms with van der Waals surface area (Å²) in [7, 11) is 1.59. The fourth-order valence-electron chi connectivity index (χ4n) is 3.19. The molecule has 4 nitrogen and oxygen atoms in total. The van der Waals surface area contributed by atoms with Gasteiger partial charge in [0, 0.05) is 11.1 Å². The van der Waals surface area contributed by atoms with E-state index in [0.29, 0.717) is 23.8 Å². The molecule has 0 amide bonds. The van der Waals surface area contributed by atoms with Gasteiger partial charge in [-0.1, -0.05) is 38.1 Å². The fourth-order valence-corrected chi connectivity index (χ4v) is 3.19. The van der Waals surface area contributed by atoms with Gasteiger partial charge in [0.25, 0.3) is 0 Å². The van der Waals surface area contributed by atoms with E-state index >= 15 is 0 Å². The Bertz CT molecular complexity index is 1090. The average molecular weight is 452 g/mol. The highest BCUT2D eigenvalue weighted by molar-refractivity contribution is 6.06. The zero-order chi connectivity index (χ0) is 23.8. The van der Waals surface area contributed by atoms with Crippen molar-refractivity contribution in [2.75, 3.05) is 7.11 Å². The molecule has 0 radical (unpaired) electrons. The van der Waals surface area contributed by atoms with Gasteiger partial charge >= 0.3 is 6.61 Å². The third-order valence-electron chi connectivity index (χ3n) is 5.04. The summed E-state index contributed by atoms with van der Waals surface area (Å²) in [4.78, 5) is 12.4. The number of ketones is 1. The third kappa shape index (κ3) is 6.91. The largest absolute Gasteiger partial charge is 0.496 e. The Kier molecular flexibility index (Phi) is 8.19. The number of hydrogen-bond donors (Lipinski definition) is 0. The smallest absolute Gasteiger partial charge is 0.387 e. The summed E-state index contributed by atoms with van der Waals surface area (Å²) in [6.07, 6.45) is 3.12. The van der Waals surface area contributed by atoms with Crippen molar-refractivity contribution in [3.05, 3.63) is 95.1 Å². The molecule has 0 unspecified atom stereocenters. The monoisotopic (exact) mass is 452 g/mol. The minimum Gasteiger partial charge on any atom is -0.496 e. The Labute approximate surface area is 192 Å². The molecule has 6 heteroatoms. The topological polar surface area (TPSA) is 44.8 Å². The minimum atomic E-state index is -2.90. The molecular weight excluding hydrogens is 426 g/mol. The van der Waals surface area contributed by atoms with Crippen LogP contribution in [0, 0.1) is 0 Å². The Hall–Kier alpha value is -3.67. The lowest BCUT2D eigenvalue weighted by Gasteiger charge is -2.12. The van der Waals surface area contributed by atoms with Crippen LogP contribution in [0.2, 0.25) is 0 Å². The molecule has 0 aromatic heterocycles. The summed E-state index contributed by atoms with van der Waals surface area (Å²) in [6, 6.07) is 19.1. The molecule has 3 aromatic rings. The molecule has 33 heavy (non-hydrogen) atoms. The normalized spacial score (nSPS) is 11.2. The average Bonchev–Trinajstić information content (AvgIpc) is 2.81. The van der Waals surface area contributed by atoms with Crippen molar-refractivity contribution in [2.24, 2.45) is 0 Å². The van der Waals surface area contributed by atoms with Crippen molar-refractivity contribution in [2.45, 2.75) is 33.0 Å². The summed E-state index contributed by atoms with van der Waals surface area (Å²) in [5, 5.41) is 0. The highest BCUT2D eigenvalue weighted by Crippen LogP contribution is 2.24. The van der Waals surface area contributed by atoms with Crippen LogP contribution in [-0.4, -0.2) is 19.5 Å². The van der Waals surface area contributed by atoms with Crippen LogP contribution in [0.3, 0.4) is 0 Å². The van der Waals surface area contributed by atoms with Crippen molar-refractivity contribution < 1.29 is 27.8 Å². The number of ether oxygens (including phenoxy) is 3. The Balaban J connectivity index is 1.68. The summed E-state index contributed by atoms with van der Waals surface area (Å²) >= 11 is 0. The maximum atomic E-state index is 12.4. The molecule has 0 atom stereocenters. The summed E-state index contributed by atoms with van der Waals surface area (Å²) < 4.78 is 40.2. The van der Waals surface area contributed by atoms with Gasteiger partial charge in [0.15, 0.2) is 5.78 Å². The van der Waals surface area contributed by atoms with E-state index in [9.17, 15) is 13.6 Å². The van der Waals surface area contributed by atoms with Gasteiger partial charge in [0.05, 0.1) is 7.11 Å². The summed E-state index contributed by atoms with van der Waals surface area (Å²) in [6.45, 7) is 1.69. The lowest BCUT2D eigenvalue weighted by Crippen LogP contribution is -2.02. The van der Waals surface area contributed by atoms with Crippen LogP contribution in [0.15, 0.2) is 72.8 Å². The van der Waals surface area contributed by atoms with E-state index < -0.39 is 6.61 Å². The number of allylic oxidation sites excluding steroid dienone is 1. The van der Waals surface area contributed by atoms with E-state index in [2.05, 4.69) is 18.6 Å². The van der Waals surface area contributed by atoms with Crippen molar-refractivity contribution in [1.29, 1.82) is 0 Å². The predicted octanol–water partition coefficient (Wildman–Crippen LogP) is 6.90. The molecule has 0 N–H and O–H groups in total. The van der Waals surface area contributed by atoms with E-state index in [-0.39, 0.29) is 11.5 Å². The van der Waals surface area contributed by atoms with E-state index in [1.807, 2.05) is 42.5 Å². The van der Waals surface area contributed by atoms with Crippen molar-refractivity contribution >= 4 is 11.9 Å². The molecule has 3 aromatic carbocycles. The van der Waals surface area contributed by atoms with Crippen LogP contribution in [-0.2, 0) is 6.61 Å². The second-order valence-electron chi connectivity index (χ2n) is 7.68. The molecule has 0 heterocycles. The van der Waals surface area contributed by atoms with Gasteiger partial charge < -0.3 is 14.2 Å². The molecule has 0 spiro atoms. The number of alkyl halides is 2. The Morgan fingerprint density at radius 2 is 1.61 bits per heavy atom. The lowest BCUT2D eigenvalue weighted by atomic mass is 10.0. The Morgan fingerprint density at radius 1 is 0.939 bits per heavy atom. The van der Waals surface area contributed by atoms with E-state index in [1.54, 1.807) is 13.2 Å². The molecule has 0 bridgehead atoms. The quantitative estimate of drug-likeness (QED) is 0.248. The molecule has 3 rings (SSSR count). The zero-order valence-electron chi connectivity index (χ0n) is 18.8. The van der Waals surface area contributed by atoms with Crippen LogP contribution >= 0.6 is 0 Å². The van der Waals surface area contributed by atoms with Crippen LogP contribution in [0.1, 0.15) is 46.8 Å². The molecule has 0 fully saturated rings. The standard InChI is InChI=1S/C27H26F2O4/c1-18(2)20-6-10-23(11-7-20)32-17-22-16-19(5-15-26(22)31-3)4-14-25(30)21-8-12-24(13-9-21)33-27(28)29/h4-16,18,27H,17H2,1-3H3/b14-4+. The van der Waals surface area contributed by atoms with Gasteiger partial charge in [0.1, 0.15) is 23.9 Å². The van der Waals surface area contributed by atoms with Gasteiger partial charge in [0.2, 0.25) is 0 Å². The van der Waals surface area contributed by atoms with Crippen molar-refractivity contribution in [1.82, 2.24) is 0 Å². The number of carbonyl (C=O) groups excluding carboxylic acids is 1. The second kappa shape index (κ2) is 11.3. The van der Waals surface area contributed by atoms with Crippen molar-refractivity contribution in [3.8, 4) is 17.2 Å². The predicted molar refractivity (Wildman–Crippen MR) is 124 cm³/mol. The van der Waals surface area contributed by atoms with E-state index in [0.717, 1.165) is 16.9 Å². The highest BCUT2D eigenvalue weighted by Gasteiger charge is 2.08. The van der Waals surface area contributed by atoms with Crippen LogP contribution in [0.4, 0.5) is 8.78 Å².